The first-order chi connectivity index (χ1) is 9.51. The van der Waals surface area contributed by atoms with E-state index < -0.39 is 5.97 Å². The Hall–Kier alpha value is -1.23. The van der Waals surface area contributed by atoms with Gasteiger partial charge in [-0.2, -0.15) is 0 Å². The predicted molar refractivity (Wildman–Crippen MR) is 82.3 cm³/mol. The van der Waals surface area contributed by atoms with Crippen molar-refractivity contribution in [2.45, 2.75) is 6.92 Å². The number of ether oxygens (including phenoxy) is 1. The number of halogens is 3. The normalized spacial score (nSPS) is 10.7. The Balaban J connectivity index is 2.82. The summed E-state index contributed by atoms with van der Waals surface area (Å²) >= 11 is 18.3. The second-order valence-electron chi connectivity index (χ2n) is 3.90. The van der Waals surface area contributed by atoms with Crippen LogP contribution in [-0.4, -0.2) is 24.6 Å². The van der Waals surface area contributed by atoms with Crippen molar-refractivity contribution in [1.82, 2.24) is 4.98 Å². The summed E-state index contributed by atoms with van der Waals surface area (Å²) in [5, 5.41) is 4.37. The van der Waals surface area contributed by atoms with Crippen LogP contribution in [0.4, 0.5) is 5.69 Å². The molecular formula is C13H11Cl3N2O2. The lowest BCUT2D eigenvalue weighted by Crippen LogP contribution is -2.09. The molecule has 0 bridgehead atoms. The lowest BCUT2D eigenvalue weighted by molar-refractivity contribution is 0.0527. The molecule has 0 radical (unpaired) electrons. The van der Waals surface area contributed by atoms with Crippen LogP contribution < -0.4 is 5.32 Å². The van der Waals surface area contributed by atoms with Gasteiger partial charge in [-0.25, -0.2) is 4.79 Å². The van der Waals surface area contributed by atoms with Crippen LogP contribution >= 0.6 is 34.8 Å². The Morgan fingerprint density at radius 3 is 2.65 bits per heavy atom. The number of nitrogens with one attached hydrogen (secondary N) is 1. The van der Waals surface area contributed by atoms with E-state index in [1.807, 2.05) is 0 Å². The van der Waals surface area contributed by atoms with E-state index in [2.05, 4.69) is 10.3 Å². The number of aromatic nitrogens is 1. The molecule has 0 amide bonds. The van der Waals surface area contributed by atoms with Gasteiger partial charge in [0.05, 0.1) is 32.9 Å². The second kappa shape index (κ2) is 6.04. The molecule has 0 unspecified atom stereocenters. The minimum absolute atomic E-state index is 0.268. The Labute approximate surface area is 131 Å². The highest BCUT2D eigenvalue weighted by molar-refractivity contribution is 6.48. The first kappa shape index (κ1) is 15.2. The fourth-order valence-corrected chi connectivity index (χ4v) is 2.64. The predicted octanol–water partition coefficient (Wildman–Crippen LogP) is 4.41. The molecule has 0 aliphatic heterocycles. The van der Waals surface area contributed by atoms with E-state index in [1.54, 1.807) is 14.0 Å². The molecule has 1 aromatic heterocycles. The molecule has 4 nitrogen and oxygen atoms in total. The number of nitrogens with zero attached hydrogens (tertiary/aromatic N) is 1. The Morgan fingerprint density at radius 2 is 2.05 bits per heavy atom. The number of carbonyl (C=O) groups is 1. The molecule has 1 heterocycles. The molecule has 2 rings (SSSR count). The first-order valence-electron chi connectivity index (χ1n) is 5.82. The zero-order valence-corrected chi connectivity index (χ0v) is 13.0. The fourth-order valence-electron chi connectivity index (χ4n) is 1.89. The summed E-state index contributed by atoms with van der Waals surface area (Å²) in [7, 11) is 1.67. The van der Waals surface area contributed by atoms with Gasteiger partial charge in [-0.15, -0.1) is 0 Å². The van der Waals surface area contributed by atoms with Crippen molar-refractivity contribution >= 4 is 57.4 Å². The molecule has 1 aromatic carbocycles. The largest absolute Gasteiger partial charge is 0.462 e. The quantitative estimate of drug-likeness (QED) is 0.667. The third kappa shape index (κ3) is 2.51. The van der Waals surface area contributed by atoms with Crippen molar-refractivity contribution in [2.75, 3.05) is 19.0 Å². The van der Waals surface area contributed by atoms with E-state index in [-0.39, 0.29) is 17.2 Å². The average Bonchev–Trinajstić information content (AvgIpc) is 2.43. The molecule has 1 N–H and O–H groups in total. The fraction of sp³-hybridized carbons (Fsp3) is 0.231. The zero-order chi connectivity index (χ0) is 14.9. The smallest absolute Gasteiger partial charge is 0.341 e. The number of anilines is 1. The zero-order valence-electron chi connectivity index (χ0n) is 10.8. The van der Waals surface area contributed by atoms with Crippen LogP contribution in [0.1, 0.15) is 17.3 Å². The molecule has 106 valence electrons. The monoisotopic (exact) mass is 332 g/mol. The maximum Gasteiger partial charge on any atom is 0.341 e. The Bertz CT molecular complexity index is 689. The molecule has 20 heavy (non-hydrogen) atoms. The van der Waals surface area contributed by atoms with E-state index >= 15 is 0 Å². The third-order valence-corrected chi connectivity index (χ3v) is 3.81. The van der Waals surface area contributed by atoms with Gasteiger partial charge in [0.15, 0.2) is 0 Å². The molecule has 2 aromatic rings. The van der Waals surface area contributed by atoms with Crippen molar-refractivity contribution in [3.05, 3.63) is 32.9 Å². The molecular weight excluding hydrogens is 323 g/mol. The first-order valence-corrected chi connectivity index (χ1v) is 6.95. The van der Waals surface area contributed by atoms with Crippen molar-refractivity contribution in [2.24, 2.45) is 0 Å². The number of pyridine rings is 1. The van der Waals surface area contributed by atoms with Gasteiger partial charge in [0.25, 0.3) is 0 Å². The number of hydrogen-bond acceptors (Lipinski definition) is 4. The van der Waals surface area contributed by atoms with E-state index in [0.717, 1.165) is 0 Å². The highest BCUT2D eigenvalue weighted by atomic mass is 35.5. The van der Waals surface area contributed by atoms with E-state index in [4.69, 9.17) is 39.5 Å². The van der Waals surface area contributed by atoms with E-state index in [1.165, 1.54) is 12.3 Å². The minimum atomic E-state index is -0.488. The SMILES string of the molecule is CCOC(=O)c1cnc2c(Cl)cc(Cl)c(Cl)c2c1NC. The van der Waals surface area contributed by atoms with Crippen molar-refractivity contribution in [3.8, 4) is 0 Å². The standard InChI is InChI=1S/C13H11Cl3N2O2/c1-3-20-13(19)6-5-18-12-8(15)4-7(14)10(16)9(12)11(6)17-2/h4-5H,3H2,1-2H3,(H,17,18). The number of carbonyl (C=O) groups excluding carboxylic acids is 1. The topological polar surface area (TPSA) is 51.2 Å². The number of benzene rings is 1. The van der Waals surface area contributed by atoms with E-state index in [9.17, 15) is 4.79 Å². The number of fused-ring (bicyclic) bond motifs is 1. The number of hydrogen-bond donors (Lipinski definition) is 1. The van der Waals surface area contributed by atoms with Crippen LogP contribution in [0, 0.1) is 0 Å². The summed E-state index contributed by atoms with van der Waals surface area (Å²) in [6.45, 7) is 2.00. The molecule has 7 heteroatoms. The maximum absolute atomic E-state index is 11.9. The van der Waals surface area contributed by atoms with Gasteiger partial charge in [-0.3, -0.25) is 4.98 Å². The summed E-state index contributed by atoms with van der Waals surface area (Å²) in [5.74, 6) is -0.488. The molecule has 0 saturated heterocycles. The van der Waals surface area contributed by atoms with Crippen LogP contribution in [-0.2, 0) is 4.74 Å². The second-order valence-corrected chi connectivity index (χ2v) is 5.09. The average molecular weight is 334 g/mol. The number of rotatable bonds is 3. The summed E-state index contributed by atoms with van der Waals surface area (Å²) in [6, 6.07) is 1.52. The van der Waals surface area contributed by atoms with Crippen LogP contribution in [0.5, 0.6) is 0 Å². The van der Waals surface area contributed by atoms with Crippen LogP contribution in [0.2, 0.25) is 15.1 Å². The van der Waals surface area contributed by atoms with Gasteiger partial charge in [-0.05, 0) is 13.0 Å². The van der Waals surface area contributed by atoms with Gasteiger partial charge >= 0.3 is 5.97 Å². The van der Waals surface area contributed by atoms with Crippen LogP contribution in [0.25, 0.3) is 10.9 Å². The lowest BCUT2D eigenvalue weighted by Gasteiger charge is -2.13. The van der Waals surface area contributed by atoms with Crippen molar-refractivity contribution in [3.63, 3.8) is 0 Å². The highest BCUT2D eigenvalue weighted by Crippen LogP contribution is 2.40. The van der Waals surface area contributed by atoms with Gasteiger partial charge in [0, 0.05) is 18.6 Å². The maximum atomic E-state index is 11.9. The van der Waals surface area contributed by atoms with Crippen molar-refractivity contribution in [1.29, 1.82) is 0 Å². The van der Waals surface area contributed by atoms with Gasteiger partial charge in [0.2, 0.25) is 0 Å². The van der Waals surface area contributed by atoms with Crippen LogP contribution in [0.3, 0.4) is 0 Å². The minimum Gasteiger partial charge on any atom is -0.462 e. The molecule has 0 saturated carbocycles. The summed E-state index contributed by atoms with van der Waals surface area (Å²) in [6.07, 6.45) is 1.41. The summed E-state index contributed by atoms with van der Waals surface area (Å²) in [4.78, 5) is 16.1. The number of esters is 1. The van der Waals surface area contributed by atoms with Gasteiger partial charge in [-0.1, -0.05) is 34.8 Å². The van der Waals surface area contributed by atoms with E-state index in [0.29, 0.717) is 26.6 Å². The highest BCUT2D eigenvalue weighted by Gasteiger charge is 2.20. The molecule has 0 aliphatic rings. The molecule has 0 atom stereocenters. The summed E-state index contributed by atoms with van der Waals surface area (Å²) < 4.78 is 4.99. The third-order valence-electron chi connectivity index (χ3n) is 2.73. The molecule has 0 spiro atoms. The van der Waals surface area contributed by atoms with Gasteiger partial charge in [0.1, 0.15) is 5.56 Å². The lowest BCUT2D eigenvalue weighted by atomic mass is 10.1. The van der Waals surface area contributed by atoms with Crippen LogP contribution in [0.15, 0.2) is 12.3 Å². The van der Waals surface area contributed by atoms with Gasteiger partial charge < -0.3 is 10.1 Å². The molecule has 0 fully saturated rings. The Kier molecular flexibility index (Phi) is 4.58. The Morgan fingerprint density at radius 1 is 1.35 bits per heavy atom. The van der Waals surface area contributed by atoms with Crippen molar-refractivity contribution < 1.29 is 9.53 Å². The molecule has 0 aliphatic carbocycles. The summed E-state index contributed by atoms with van der Waals surface area (Å²) in [5.41, 5.74) is 1.24.